The van der Waals surface area contributed by atoms with Crippen molar-refractivity contribution in [3.63, 3.8) is 0 Å². The Balaban J connectivity index is 1.91. The molecular formula is C15H16N4O2. The lowest BCUT2D eigenvalue weighted by atomic mass is 10.1. The van der Waals surface area contributed by atoms with Crippen LogP contribution in [-0.4, -0.2) is 22.5 Å². The number of benzene rings is 1. The normalized spacial score (nSPS) is 15.5. The van der Waals surface area contributed by atoms with E-state index >= 15 is 0 Å². The number of primary amides is 1. The van der Waals surface area contributed by atoms with Crippen molar-refractivity contribution < 1.29 is 9.59 Å². The molecule has 2 aromatic rings. The lowest BCUT2D eigenvalue weighted by molar-refractivity contribution is -0.118. The first-order valence-corrected chi connectivity index (χ1v) is 6.75. The number of nitrogens with one attached hydrogen (secondary N) is 2. The van der Waals surface area contributed by atoms with Gasteiger partial charge in [-0.1, -0.05) is 6.07 Å². The third-order valence-electron chi connectivity index (χ3n) is 3.77. The van der Waals surface area contributed by atoms with Gasteiger partial charge in [0.1, 0.15) is 5.54 Å². The first-order chi connectivity index (χ1) is 10.0. The molecule has 0 atom stereocenters. The number of carbonyl (C=O) groups is 2. The fourth-order valence-electron chi connectivity index (χ4n) is 2.43. The summed E-state index contributed by atoms with van der Waals surface area (Å²) in [4.78, 5) is 27.7. The van der Waals surface area contributed by atoms with E-state index in [1.807, 2.05) is 31.2 Å². The van der Waals surface area contributed by atoms with E-state index < -0.39 is 11.6 Å². The molecule has 0 radical (unpaired) electrons. The van der Waals surface area contributed by atoms with E-state index in [0.29, 0.717) is 18.5 Å². The smallest absolute Gasteiger partial charge is 0.313 e. The molecule has 0 spiro atoms. The number of aryl methyl sites for hydroxylation is 1. The van der Waals surface area contributed by atoms with Gasteiger partial charge in [0.25, 0.3) is 0 Å². The van der Waals surface area contributed by atoms with Crippen molar-refractivity contribution in [3.8, 4) is 0 Å². The van der Waals surface area contributed by atoms with E-state index in [9.17, 15) is 9.59 Å². The number of nitrogens with two attached hydrogens (primary N) is 1. The van der Waals surface area contributed by atoms with Gasteiger partial charge in [-0.2, -0.15) is 0 Å². The number of fused-ring (bicyclic) bond motifs is 1. The van der Waals surface area contributed by atoms with Crippen LogP contribution in [0.1, 0.15) is 18.4 Å². The van der Waals surface area contributed by atoms with Crippen LogP contribution in [0.4, 0.5) is 10.5 Å². The Labute approximate surface area is 121 Å². The van der Waals surface area contributed by atoms with Gasteiger partial charge in [0.15, 0.2) is 0 Å². The van der Waals surface area contributed by atoms with Gasteiger partial charge in [-0.3, -0.25) is 9.78 Å². The van der Waals surface area contributed by atoms with Crippen LogP contribution >= 0.6 is 0 Å². The first kappa shape index (κ1) is 13.4. The quantitative estimate of drug-likeness (QED) is 0.800. The number of pyridine rings is 1. The zero-order valence-electron chi connectivity index (χ0n) is 11.6. The summed E-state index contributed by atoms with van der Waals surface area (Å²) in [7, 11) is 0. The monoisotopic (exact) mass is 284 g/mol. The Morgan fingerprint density at radius 2 is 2.05 bits per heavy atom. The van der Waals surface area contributed by atoms with Crippen LogP contribution in [0.25, 0.3) is 10.9 Å². The first-order valence-electron chi connectivity index (χ1n) is 6.75. The van der Waals surface area contributed by atoms with E-state index in [1.165, 1.54) is 0 Å². The largest absolute Gasteiger partial charge is 0.352 e. The fourth-order valence-corrected chi connectivity index (χ4v) is 2.43. The topological polar surface area (TPSA) is 97.1 Å². The number of amides is 3. The highest BCUT2D eigenvalue weighted by Gasteiger charge is 2.51. The highest BCUT2D eigenvalue weighted by atomic mass is 16.2. The van der Waals surface area contributed by atoms with Crippen molar-refractivity contribution >= 4 is 28.5 Å². The van der Waals surface area contributed by atoms with Crippen LogP contribution in [0.15, 0.2) is 30.5 Å². The van der Waals surface area contributed by atoms with E-state index in [4.69, 9.17) is 5.73 Å². The van der Waals surface area contributed by atoms with Crippen molar-refractivity contribution in [1.82, 2.24) is 10.3 Å². The lowest BCUT2D eigenvalue weighted by Gasteiger charge is -2.17. The molecule has 1 saturated carbocycles. The Kier molecular flexibility index (Phi) is 3.01. The maximum Gasteiger partial charge on any atom is 0.313 e. The van der Waals surface area contributed by atoms with Crippen molar-refractivity contribution in [2.75, 3.05) is 5.32 Å². The lowest BCUT2D eigenvalue weighted by Crippen LogP contribution is -2.48. The zero-order valence-corrected chi connectivity index (χ0v) is 11.6. The summed E-state index contributed by atoms with van der Waals surface area (Å²) in [6.45, 7) is 1.97. The number of anilines is 1. The summed E-state index contributed by atoms with van der Waals surface area (Å²) in [5.41, 5.74) is 6.84. The van der Waals surface area contributed by atoms with E-state index in [2.05, 4.69) is 15.6 Å². The summed E-state index contributed by atoms with van der Waals surface area (Å²) in [6, 6.07) is 6.81. The minimum atomic E-state index is -0.856. The molecule has 0 unspecified atom stereocenters. The van der Waals surface area contributed by atoms with Crippen LogP contribution in [-0.2, 0) is 4.79 Å². The van der Waals surface area contributed by atoms with Crippen LogP contribution in [0.3, 0.4) is 0 Å². The van der Waals surface area contributed by atoms with Gasteiger partial charge < -0.3 is 16.4 Å². The molecule has 1 aromatic carbocycles. The van der Waals surface area contributed by atoms with Gasteiger partial charge in [0, 0.05) is 11.6 Å². The molecule has 4 N–H and O–H groups in total. The van der Waals surface area contributed by atoms with Crippen LogP contribution < -0.4 is 16.4 Å². The molecule has 6 nitrogen and oxygen atoms in total. The highest BCUT2D eigenvalue weighted by Crippen LogP contribution is 2.37. The number of aromatic nitrogens is 1. The van der Waals surface area contributed by atoms with Gasteiger partial charge in [0.05, 0.1) is 11.2 Å². The average Bonchev–Trinajstić information content (AvgIpc) is 3.22. The second kappa shape index (κ2) is 4.73. The zero-order chi connectivity index (χ0) is 15.0. The summed E-state index contributed by atoms with van der Waals surface area (Å²) < 4.78 is 0. The Morgan fingerprint density at radius 1 is 1.29 bits per heavy atom. The predicted octanol–water partition coefficient (Wildman–Crippen LogP) is 1.68. The van der Waals surface area contributed by atoms with E-state index in [0.717, 1.165) is 16.5 Å². The van der Waals surface area contributed by atoms with Gasteiger partial charge >= 0.3 is 6.03 Å². The summed E-state index contributed by atoms with van der Waals surface area (Å²) in [5, 5.41) is 6.27. The number of nitrogens with zero attached hydrogens (tertiary/aromatic N) is 1. The van der Waals surface area contributed by atoms with E-state index in [1.54, 1.807) is 6.20 Å². The predicted molar refractivity (Wildman–Crippen MR) is 79.8 cm³/mol. The SMILES string of the molecule is Cc1ccc(NC(=O)C2(NC(N)=O)CC2)c2cccnc12. The second-order valence-electron chi connectivity index (χ2n) is 5.36. The van der Waals surface area contributed by atoms with Gasteiger partial charge in [-0.15, -0.1) is 0 Å². The second-order valence-corrected chi connectivity index (χ2v) is 5.36. The number of hydrogen-bond donors (Lipinski definition) is 3. The standard InChI is InChI=1S/C15H16N4O2/c1-9-4-5-11(10-3-2-8-17-12(9)10)18-13(20)15(6-7-15)19-14(16)21/h2-5,8H,6-7H2,1H3,(H,18,20)(H3,16,19,21). The minimum Gasteiger partial charge on any atom is -0.352 e. The molecule has 1 aliphatic rings. The number of carbonyl (C=O) groups excluding carboxylic acids is 2. The third-order valence-corrected chi connectivity index (χ3v) is 3.77. The van der Waals surface area contributed by atoms with Gasteiger partial charge in [-0.25, -0.2) is 4.79 Å². The maximum absolute atomic E-state index is 12.4. The number of urea groups is 1. The molecule has 0 bridgehead atoms. The van der Waals surface area contributed by atoms with Crippen LogP contribution in [0, 0.1) is 6.92 Å². The van der Waals surface area contributed by atoms with Crippen LogP contribution in [0.2, 0.25) is 0 Å². The molecule has 21 heavy (non-hydrogen) atoms. The molecule has 0 aliphatic heterocycles. The Hall–Kier alpha value is -2.63. The van der Waals surface area contributed by atoms with Crippen molar-refractivity contribution in [3.05, 3.63) is 36.0 Å². The molecule has 6 heteroatoms. The molecule has 0 saturated heterocycles. The Morgan fingerprint density at radius 3 is 2.71 bits per heavy atom. The summed E-state index contributed by atoms with van der Waals surface area (Å²) in [6.07, 6.45) is 2.92. The van der Waals surface area contributed by atoms with Crippen molar-refractivity contribution in [2.24, 2.45) is 5.73 Å². The average molecular weight is 284 g/mol. The molecule has 1 aromatic heterocycles. The molecule has 1 heterocycles. The molecule has 108 valence electrons. The third kappa shape index (κ3) is 2.40. The van der Waals surface area contributed by atoms with E-state index in [-0.39, 0.29) is 5.91 Å². The molecular weight excluding hydrogens is 268 g/mol. The van der Waals surface area contributed by atoms with Crippen molar-refractivity contribution in [1.29, 1.82) is 0 Å². The van der Waals surface area contributed by atoms with Crippen LogP contribution in [0.5, 0.6) is 0 Å². The summed E-state index contributed by atoms with van der Waals surface area (Å²) >= 11 is 0. The Bertz CT molecular complexity index is 738. The highest BCUT2D eigenvalue weighted by molar-refractivity contribution is 6.07. The number of hydrogen-bond acceptors (Lipinski definition) is 3. The number of rotatable bonds is 3. The minimum absolute atomic E-state index is 0.240. The van der Waals surface area contributed by atoms with Gasteiger partial charge in [0.2, 0.25) is 5.91 Å². The van der Waals surface area contributed by atoms with Crippen molar-refractivity contribution in [2.45, 2.75) is 25.3 Å². The molecule has 1 aliphatic carbocycles. The molecule has 3 amide bonds. The summed E-state index contributed by atoms with van der Waals surface area (Å²) in [5.74, 6) is -0.240. The fraction of sp³-hybridized carbons (Fsp3) is 0.267. The molecule has 1 fully saturated rings. The maximum atomic E-state index is 12.4. The van der Waals surface area contributed by atoms with Gasteiger partial charge in [-0.05, 0) is 43.5 Å². The molecule has 3 rings (SSSR count).